The van der Waals surface area contributed by atoms with Gasteiger partial charge in [-0.15, -0.1) is 11.3 Å². The highest BCUT2D eigenvalue weighted by Gasteiger charge is 2.28. The molecule has 1 aliphatic rings. The van der Waals surface area contributed by atoms with Crippen molar-refractivity contribution in [2.45, 2.75) is 33.1 Å². The van der Waals surface area contributed by atoms with Crippen molar-refractivity contribution in [2.24, 2.45) is 5.92 Å². The Morgan fingerprint density at radius 2 is 1.87 bits per heavy atom. The SMILES string of the molecule is CCOC(=O)c1cc(CC)sc1NC(=O)C1CCN(C(=O)/C=C/c2ccccc2)CC1. The molecule has 0 saturated carbocycles. The topological polar surface area (TPSA) is 75.7 Å². The van der Waals surface area contributed by atoms with Crippen LogP contribution in [0, 0.1) is 5.92 Å². The number of piperidine rings is 1. The van der Waals surface area contributed by atoms with E-state index in [1.807, 2.05) is 37.3 Å². The van der Waals surface area contributed by atoms with Crippen molar-refractivity contribution in [3.8, 4) is 0 Å². The zero-order valence-corrected chi connectivity index (χ0v) is 18.7. The number of thiophene rings is 1. The predicted octanol–water partition coefficient (Wildman–Crippen LogP) is 4.38. The number of anilines is 1. The third kappa shape index (κ3) is 6.04. The van der Waals surface area contributed by atoms with Crippen LogP contribution in [-0.2, 0) is 20.7 Å². The number of aryl methyl sites for hydroxylation is 1. The first kappa shape index (κ1) is 22.7. The molecule has 3 rings (SSSR count). The molecule has 0 bridgehead atoms. The van der Waals surface area contributed by atoms with Gasteiger partial charge in [-0.3, -0.25) is 9.59 Å². The van der Waals surface area contributed by atoms with Gasteiger partial charge in [0.2, 0.25) is 11.8 Å². The Morgan fingerprint density at radius 1 is 1.16 bits per heavy atom. The third-order valence-electron chi connectivity index (χ3n) is 5.26. The first-order chi connectivity index (χ1) is 15.0. The summed E-state index contributed by atoms with van der Waals surface area (Å²) in [6, 6.07) is 11.5. The highest BCUT2D eigenvalue weighted by atomic mass is 32.1. The Morgan fingerprint density at radius 3 is 2.52 bits per heavy atom. The van der Waals surface area contributed by atoms with Crippen LogP contribution < -0.4 is 5.32 Å². The van der Waals surface area contributed by atoms with Crippen LogP contribution in [0.2, 0.25) is 0 Å². The molecule has 1 aromatic heterocycles. The van der Waals surface area contributed by atoms with E-state index in [-0.39, 0.29) is 24.3 Å². The Labute approximate surface area is 186 Å². The van der Waals surface area contributed by atoms with Crippen LogP contribution in [0.4, 0.5) is 5.00 Å². The molecule has 31 heavy (non-hydrogen) atoms. The minimum Gasteiger partial charge on any atom is -0.462 e. The molecule has 6 nitrogen and oxygen atoms in total. The van der Waals surface area contributed by atoms with Gasteiger partial charge in [-0.2, -0.15) is 0 Å². The highest BCUT2D eigenvalue weighted by molar-refractivity contribution is 7.16. The van der Waals surface area contributed by atoms with Crippen molar-refractivity contribution in [1.29, 1.82) is 0 Å². The van der Waals surface area contributed by atoms with Crippen molar-refractivity contribution in [2.75, 3.05) is 25.0 Å². The summed E-state index contributed by atoms with van der Waals surface area (Å²) < 4.78 is 5.11. The number of benzene rings is 1. The predicted molar refractivity (Wildman–Crippen MR) is 123 cm³/mol. The second kappa shape index (κ2) is 10.9. The number of nitrogens with zero attached hydrogens (tertiary/aromatic N) is 1. The van der Waals surface area contributed by atoms with Crippen molar-refractivity contribution in [1.82, 2.24) is 4.90 Å². The van der Waals surface area contributed by atoms with Crippen LogP contribution in [0.5, 0.6) is 0 Å². The van der Waals surface area contributed by atoms with E-state index in [9.17, 15) is 14.4 Å². The molecular formula is C24H28N2O4S. The molecule has 1 fully saturated rings. The van der Waals surface area contributed by atoms with E-state index >= 15 is 0 Å². The average Bonchev–Trinajstić information content (AvgIpc) is 3.21. The molecule has 1 N–H and O–H groups in total. The molecular weight excluding hydrogens is 412 g/mol. The molecule has 0 aliphatic carbocycles. The van der Waals surface area contributed by atoms with Gasteiger partial charge in [0, 0.05) is 30.0 Å². The van der Waals surface area contributed by atoms with Crippen LogP contribution in [0.3, 0.4) is 0 Å². The lowest BCUT2D eigenvalue weighted by Crippen LogP contribution is -2.40. The Balaban J connectivity index is 1.56. The molecule has 1 saturated heterocycles. The maximum absolute atomic E-state index is 12.8. The van der Waals surface area contributed by atoms with Crippen molar-refractivity contribution < 1.29 is 19.1 Å². The van der Waals surface area contributed by atoms with Gasteiger partial charge in [0.05, 0.1) is 12.2 Å². The molecule has 1 aromatic carbocycles. The fourth-order valence-corrected chi connectivity index (χ4v) is 4.47. The number of esters is 1. The minimum absolute atomic E-state index is 0.0434. The lowest BCUT2D eigenvalue weighted by molar-refractivity contribution is -0.130. The van der Waals surface area contributed by atoms with E-state index < -0.39 is 5.97 Å². The maximum atomic E-state index is 12.8. The standard InChI is InChI=1S/C24H28N2O4S/c1-3-19-16-20(24(29)30-4-2)23(31-19)25-22(28)18-12-14-26(15-13-18)21(27)11-10-17-8-6-5-7-9-17/h5-11,16,18H,3-4,12-15H2,1-2H3,(H,25,28)/b11-10+. The molecule has 2 aromatic rings. The summed E-state index contributed by atoms with van der Waals surface area (Å²) in [4.78, 5) is 40.3. The van der Waals surface area contributed by atoms with Crippen LogP contribution in [0.25, 0.3) is 6.08 Å². The Hall–Kier alpha value is -2.93. The summed E-state index contributed by atoms with van der Waals surface area (Å²) in [6.45, 7) is 5.12. The molecule has 164 valence electrons. The smallest absolute Gasteiger partial charge is 0.341 e. The zero-order valence-electron chi connectivity index (χ0n) is 17.9. The fourth-order valence-electron chi connectivity index (χ4n) is 3.48. The highest BCUT2D eigenvalue weighted by Crippen LogP contribution is 2.30. The summed E-state index contributed by atoms with van der Waals surface area (Å²) in [7, 11) is 0. The Bertz CT molecular complexity index is 944. The number of hydrogen-bond donors (Lipinski definition) is 1. The van der Waals surface area contributed by atoms with E-state index in [2.05, 4.69) is 5.32 Å². The second-order valence-corrected chi connectivity index (χ2v) is 8.50. The van der Waals surface area contributed by atoms with Crippen LogP contribution in [0.15, 0.2) is 42.5 Å². The van der Waals surface area contributed by atoms with Gasteiger partial charge in [0.1, 0.15) is 5.00 Å². The summed E-state index contributed by atoms with van der Waals surface area (Å²) in [5, 5.41) is 3.47. The quantitative estimate of drug-likeness (QED) is 0.512. The molecule has 0 unspecified atom stereocenters. The summed E-state index contributed by atoms with van der Waals surface area (Å²) >= 11 is 1.41. The number of ether oxygens (including phenoxy) is 1. The van der Waals surface area contributed by atoms with E-state index in [1.165, 1.54) is 11.3 Å². The van der Waals surface area contributed by atoms with Crippen LogP contribution in [0.1, 0.15) is 47.5 Å². The fraction of sp³-hybridized carbons (Fsp3) is 0.375. The summed E-state index contributed by atoms with van der Waals surface area (Å²) in [5.74, 6) is -0.760. The van der Waals surface area contributed by atoms with Gasteiger partial charge in [-0.1, -0.05) is 37.3 Å². The summed E-state index contributed by atoms with van der Waals surface area (Å²) in [6.07, 6.45) is 5.36. The van der Waals surface area contributed by atoms with Gasteiger partial charge in [0.25, 0.3) is 0 Å². The van der Waals surface area contributed by atoms with Gasteiger partial charge >= 0.3 is 5.97 Å². The number of likely N-dealkylation sites (tertiary alicyclic amines) is 1. The van der Waals surface area contributed by atoms with Crippen molar-refractivity contribution in [3.05, 3.63) is 58.5 Å². The molecule has 1 aliphatic heterocycles. The summed E-state index contributed by atoms with van der Waals surface area (Å²) in [5.41, 5.74) is 1.39. The normalized spacial score (nSPS) is 14.6. The lowest BCUT2D eigenvalue weighted by atomic mass is 9.96. The third-order valence-corrected chi connectivity index (χ3v) is 6.45. The molecule has 7 heteroatoms. The van der Waals surface area contributed by atoms with Gasteiger partial charge < -0.3 is 15.0 Å². The van der Waals surface area contributed by atoms with E-state index in [1.54, 1.807) is 30.0 Å². The number of carbonyl (C=O) groups excluding carboxylic acids is 3. The zero-order chi connectivity index (χ0) is 22.2. The number of rotatable bonds is 7. The maximum Gasteiger partial charge on any atom is 0.341 e. The average molecular weight is 441 g/mol. The number of hydrogen-bond acceptors (Lipinski definition) is 5. The van der Waals surface area contributed by atoms with Crippen LogP contribution >= 0.6 is 11.3 Å². The van der Waals surface area contributed by atoms with Crippen molar-refractivity contribution in [3.63, 3.8) is 0 Å². The Kier molecular flexibility index (Phi) is 8.00. The first-order valence-corrected chi connectivity index (χ1v) is 11.5. The van der Waals surface area contributed by atoms with Crippen LogP contribution in [-0.4, -0.2) is 42.4 Å². The van der Waals surface area contributed by atoms with Gasteiger partial charge in [-0.05, 0) is 43.9 Å². The van der Waals surface area contributed by atoms with E-state index in [0.29, 0.717) is 36.5 Å². The van der Waals surface area contributed by atoms with E-state index in [4.69, 9.17) is 4.74 Å². The second-order valence-electron chi connectivity index (χ2n) is 7.36. The monoisotopic (exact) mass is 440 g/mol. The molecule has 2 amide bonds. The van der Waals surface area contributed by atoms with Gasteiger partial charge in [0.15, 0.2) is 0 Å². The number of carbonyl (C=O) groups is 3. The van der Waals surface area contributed by atoms with Crippen molar-refractivity contribution >= 4 is 40.2 Å². The lowest BCUT2D eigenvalue weighted by Gasteiger charge is -2.30. The largest absolute Gasteiger partial charge is 0.462 e. The minimum atomic E-state index is -0.417. The van der Waals surface area contributed by atoms with Gasteiger partial charge in [-0.25, -0.2) is 4.79 Å². The first-order valence-electron chi connectivity index (χ1n) is 10.6. The molecule has 0 radical (unpaired) electrons. The number of nitrogens with one attached hydrogen (secondary N) is 1. The molecule has 2 heterocycles. The van der Waals surface area contributed by atoms with E-state index in [0.717, 1.165) is 16.9 Å². The number of amides is 2. The molecule has 0 spiro atoms. The molecule has 0 atom stereocenters.